The molecule has 0 radical (unpaired) electrons. The van der Waals surface area contributed by atoms with Crippen molar-refractivity contribution < 1.29 is 4.79 Å². The lowest BCUT2D eigenvalue weighted by Crippen LogP contribution is -1.98. The summed E-state index contributed by atoms with van der Waals surface area (Å²) in [6.07, 6.45) is 2.23. The summed E-state index contributed by atoms with van der Waals surface area (Å²) < 4.78 is 0. The Labute approximate surface area is 115 Å². The van der Waals surface area contributed by atoms with Crippen molar-refractivity contribution in [3.8, 4) is 11.8 Å². The first-order valence-electron chi connectivity index (χ1n) is 5.96. The summed E-state index contributed by atoms with van der Waals surface area (Å²) in [5, 5.41) is 3.04. The highest BCUT2D eigenvalue weighted by atomic mass is 32.1. The molecule has 0 aliphatic carbocycles. The number of aromatic nitrogens is 1. The van der Waals surface area contributed by atoms with Crippen molar-refractivity contribution in [2.75, 3.05) is 0 Å². The van der Waals surface area contributed by atoms with Crippen molar-refractivity contribution in [3.05, 3.63) is 58.4 Å². The van der Waals surface area contributed by atoms with Crippen LogP contribution in [0, 0.1) is 11.8 Å². The molecule has 92 valence electrons. The molecule has 1 N–H and O–H groups in total. The average Bonchev–Trinajstić information content (AvgIpc) is 3.07. The van der Waals surface area contributed by atoms with Gasteiger partial charge in [0.1, 0.15) is 0 Å². The lowest BCUT2D eigenvalue weighted by molar-refractivity contribution is -0.113. The molecule has 0 fully saturated rings. The van der Waals surface area contributed by atoms with Gasteiger partial charge in [-0.3, -0.25) is 4.79 Å². The van der Waals surface area contributed by atoms with Crippen molar-refractivity contribution in [3.63, 3.8) is 0 Å². The molecule has 0 amide bonds. The molecule has 19 heavy (non-hydrogen) atoms. The Balaban J connectivity index is 1.80. The van der Waals surface area contributed by atoms with Gasteiger partial charge >= 0.3 is 0 Å². The van der Waals surface area contributed by atoms with Crippen LogP contribution in [0.2, 0.25) is 0 Å². The van der Waals surface area contributed by atoms with Crippen LogP contribution >= 0.6 is 11.3 Å². The summed E-state index contributed by atoms with van der Waals surface area (Å²) in [5.74, 6) is 5.53. The molecule has 0 spiro atoms. The van der Waals surface area contributed by atoms with Crippen molar-refractivity contribution >= 4 is 28.0 Å². The van der Waals surface area contributed by atoms with Gasteiger partial charge in [-0.25, -0.2) is 0 Å². The van der Waals surface area contributed by atoms with Gasteiger partial charge in [0.25, 0.3) is 0 Å². The largest absolute Gasteiger partial charge is 0.361 e. The molecule has 0 saturated carbocycles. The van der Waals surface area contributed by atoms with E-state index in [0.717, 1.165) is 21.3 Å². The summed E-state index contributed by atoms with van der Waals surface area (Å²) in [4.78, 5) is 16.0. The number of Topliss-reactive ketones (excluding diaryl/α,β-unsaturated/α-hetero) is 1. The van der Waals surface area contributed by atoms with E-state index < -0.39 is 0 Å². The van der Waals surface area contributed by atoms with Crippen LogP contribution < -0.4 is 0 Å². The molecule has 0 bridgehead atoms. The highest BCUT2D eigenvalue weighted by Crippen LogP contribution is 2.18. The van der Waals surface area contributed by atoms with Crippen LogP contribution in [-0.2, 0) is 11.2 Å². The summed E-state index contributed by atoms with van der Waals surface area (Å²) in [6, 6.07) is 11.8. The normalized spacial score (nSPS) is 10.1. The van der Waals surface area contributed by atoms with Gasteiger partial charge in [-0.05, 0) is 34.9 Å². The summed E-state index contributed by atoms with van der Waals surface area (Å²) in [5.41, 5.74) is 2.05. The predicted octanol–water partition coefficient (Wildman–Crippen LogP) is 3.39. The van der Waals surface area contributed by atoms with Gasteiger partial charge in [0, 0.05) is 23.5 Å². The van der Waals surface area contributed by atoms with E-state index in [9.17, 15) is 4.79 Å². The van der Waals surface area contributed by atoms with E-state index in [-0.39, 0.29) is 5.78 Å². The molecule has 3 heteroatoms. The molecular formula is C16H11NOS. The number of carbonyl (C=O) groups is 1. The molecule has 2 nitrogen and oxygen atoms in total. The zero-order valence-corrected chi connectivity index (χ0v) is 11.0. The highest BCUT2D eigenvalue weighted by Gasteiger charge is 2.06. The van der Waals surface area contributed by atoms with Crippen LogP contribution in [-0.4, -0.2) is 10.8 Å². The van der Waals surface area contributed by atoms with Gasteiger partial charge < -0.3 is 4.98 Å². The minimum absolute atomic E-state index is 0.0573. The van der Waals surface area contributed by atoms with E-state index in [4.69, 9.17) is 0 Å². The van der Waals surface area contributed by atoms with E-state index in [2.05, 4.69) is 16.8 Å². The Morgan fingerprint density at radius 3 is 2.95 bits per heavy atom. The third-order valence-electron chi connectivity index (χ3n) is 2.87. The minimum Gasteiger partial charge on any atom is -0.361 e. The first-order valence-corrected chi connectivity index (χ1v) is 6.84. The molecular weight excluding hydrogens is 254 g/mol. The Hall–Kier alpha value is -2.31. The van der Waals surface area contributed by atoms with Gasteiger partial charge in [-0.15, -0.1) is 11.3 Å². The summed E-state index contributed by atoms with van der Waals surface area (Å²) in [7, 11) is 0. The SMILES string of the molecule is O=C(C#Cc1cccs1)Cc1c[nH]c2ccccc12. The van der Waals surface area contributed by atoms with Crippen molar-refractivity contribution in [2.45, 2.75) is 6.42 Å². The maximum Gasteiger partial charge on any atom is 0.210 e. The lowest BCUT2D eigenvalue weighted by Gasteiger charge is -1.93. The number of hydrogen-bond donors (Lipinski definition) is 1. The number of hydrogen-bond acceptors (Lipinski definition) is 2. The van der Waals surface area contributed by atoms with Gasteiger partial charge in [-0.2, -0.15) is 0 Å². The van der Waals surface area contributed by atoms with Crippen LogP contribution in [0.1, 0.15) is 10.4 Å². The lowest BCUT2D eigenvalue weighted by atomic mass is 10.1. The van der Waals surface area contributed by atoms with Crippen LogP contribution in [0.4, 0.5) is 0 Å². The fourth-order valence-electron chi connectivity index (χ4n) is 1.98. The third kappa shape index (κ3) is 2.59. The zero-order valence-electron chi connectivity index (χ0n) is 10.1. The number of fused-ring (bicyclic) bond motifs is 1. The van der Waals surface area contributed by atoms with Gasteiger partial charge in [0.15, 0.2) is 0 Å². The number of thiophene rings is 1. The molecule has 0 aliphatic rings. The molecule has 0 atom stereocenters. The van der Waals surface area contributed by atoms with Crippen LogP contribution in [0.25, 0.3) is 10.9 Å². The number of para-hydroxylation sites is 1. The molecule has 0 unspecified atom stereocenters. The molecule has 2 heterocycles. The second-order valence-corrected chi connectivity index (χ2v) is 5.13. The van der Waals surface area contributed by atoms with E-state index in [1.165, 1.54) is 0 Å². The molecule has 1 aromatic carbocycles. The van der Waals surface area contributed by atoms with E-state index in [1.54, 1.807) is 11.3 Å². The fraction of sp³-hybridized carbons (Fsp3) is 0.0625. The quantitative estimate of drug-likeness (QED) is 0.708. The minimum atomic E-state index is -0.0573. The van der Waals surface area contributed by atoms with E-state index in [0.29, 0.717) is 6.42 Å². The topological polar surface area (TPSA) is 32.9 Å². The number of ketones is 1. The Kier molecular flexibility index (Phi) is 3.18. The smallest absolute Gasteiger partial charge is 0.210 e. The summed E-state index contributed by atoms with van der Waals surface area (Å²) in [6.45, 7) is 0. The van der Waals surface area contributed by atoms with Crippen molar-refractivity contribution in [2.24, 2.45) is 0 Å². The fourth-order valence-corrected chi connectivity index (χ4v) is 2.55. The zero-order chi connectivity index (χ0) is 13.1. The number of aromatic amines is 1. The predicted molar refractivity (Wildman–Crippen MR) is 78.2 cm³/mol. The Bertz CT molecular complexity index is 772. The number of carbonyl (C=O) groups excluding carboxylic acids is 1. The first-order chi connectivity index (χ1) is 9.33. The monoisotopic (exact) mass is 265 g/mol. The molecule has 0 aliphatic heterocycles. The second-order valence-electron chi connectivity index (χ2n) is 4.19. The maximum atomic E-state index is 11.9. The Morgan fingerprint density at radius 1 is 1.21 bits per heavy atom. The molecule has 3 aromatic rings. The van der Waals surface area contributed by atoms with E-state index in [1.807, 2.05) is 48.0 Å². The van der Waals surface area contributed by atoms with Crippen LogP contribution in [0.5, 0.6) is 0 Å². The van der Waals surface area contributed by atoms with Crippen LogP contribution in [0.15, 0.2) is 48.0 Å². The second kappa shape index (κ2) is 5.13. The molecule has 2 aromatic heterocycles. The standard InChI is InChI=1S/C16H11NOS/c18-13(7-8-14-4-3-9-19-14)10-12-11-17-16-6-2-1-5-15(12)16/h1-6,9,11,17H,10H2. The number of nitrogens with one attached hydrogen (secondary N) is 1. The number of rotatable bonds is 2. The average molecular weight is 265 g/mol. The van der Waals surface area contributed by atoms with E-state index >= 15 is 0 Å². The Morgan fingerprint density at radius 2 is 2.11 bits per heavy atom. The van der Waals surface area contributed by atoms with Crippen molar-refractivity contribution in [1.29, 1.82) is 0 Å². The van der Waals surface area contributed by atoms with Gasteiger partial charge in [0.2, 0.25) is 5.78 Å². The number of H-pyrrole nitrogens is 1. The number of benzene rings is 1. The summed E-state index contributed by atoms with van der Waals surface area (Å²) >= 11 is 1.54. The molecule has 0 saturated heterocycles. The first kappa shape index (κ1) is 11.8. The van der Waals surface area contributed by atoms with Crippen LogP contribution in [0.3, 0.4) is 0 Å². The third-order valence-corrected chi connectivity index (χ3v) is 3.66. The molecule has 3 rings (SSSR count). The van der Waals surface area contributed by atoms with Gasteiger partial charge in [0.05, 0.1) is 4.88 Å². The van der Waals surface area contributed by atoms with Gasteiger partial charge in [-0.1, -0.05) is 24.3 Å². The van der Waals surface area contributed by atoms with Crippen molar-refractivity contribution in [1.82, 2.24) is 4.98 Å². The highest BCUT2D eigenvalue weighted by molar-refractivity contribution is 7.10. The maximum absolute atomic E-state index is 11.9.